The van der Waals surface area contributed by atoms with Crippen molar-refractivity contribution in [3.05, 3.63) is 29.8 Å². The molecule has 1 amide bonds. The molecule has 1 atom stereocenters. The Morgan fingerprint density at radius 2 is 1.95 bits per heavy atom. The average Bonchev–Trinajstić information content (AvgIpc) is 2.43. The summed E-state index contributed by atoms with van der Waals surface area (Å²) in [5, 5.41) is 11.8. The third-order valence-electron chi connectivity index (χ3n) is 3.17. The molecule has 2 N–H and O–H groups in total. The van der Waals surface area contributed by atoms with Gasteiger partial charge in [0.05, 0.1) is 12.6 Å². The lowest BCUT2D eigenvalue weighted by atomic mass is 10.1. The zero-order valence-electron chi connectivity index (χ0n) is 12.0. The van der Waals surface area contributed by atoms with E-state index in [1.165, 1.54) is 0 Å². The predicted octanol–water partition coefficient (Wildman–Crippen LogP) is 1.57. The first kappa shape index (κ1) is 15.5. The molecule has 1 rings (SSSR count). The molecule has 0 saturated heterocycles. The van der Waals surface area contributed by atoms with E-state index < -0.39 is 0 Å². The van der Waals surface area contributed by atoms with Crippen molar-refractivity contribution in [3.63, 3.8) is 0 Å². The molecule has 0 saturated carbocycles. The Morgan fingerprint density at radius 1 is 1.32 bits per heavy atom. The first-order valence-electron chi connectivity index (χ1n) is 6.73. The van der Waals surface area contributed by atoms with E-state index in [1.54, 1.807) is 0 Å². The van der Waals surface area contributed by atoms with E-state index in [0.29, 0.717) is 6.42 Å². The van der Waals surface area contributed by atoms with Crippen LogP contribution in [0.2, 0.25) is 0 Å². The third-order valence-corrected chi connectivity index (χ3v) is 3.17. The third kappa shape index (κ3) is 5.30. The van der Waals surface area contributed by atoms with E-state index in [0.717, 1.165) is 24.1 Å². The minimum Gasteiger partial charge on any atom is -0.394 e. The number of aliphatic hydroxyl groups is 1. The van der Waals surface area contributed by atoms with Gasteiger partial charge in [0.15, 0.2) is 0 Å². The van der Waals surface area contributed by atoms with Crippen LogP contribution >= 0.6 is 0 Å². The van der Waals surface area contributed by atoms with Gasteiger partial charge >= 0.3 is 0 Å². The molecule has 1 aromatic rings. The molecule has 4 nitrogen and oxygen atoms in total. The number of benzene rings is 1. The molecule has 0 aliphatic rings. The van der Waals surface area contributed by atoms with Gasteiger partial charge in [-0.05, 0) is 30.5 Å². The average molecular weight is 264 g/mol. The molecule has 0 aliphatic heterocycles. The molecule has 0 aromatic heterocycles. The first-order chi connectivity index (χ1) is 9.06. The summed E-state index contributed by atoms with van der Waals surface area (Å²) in [5.41, 5.74) is 2.30. The van der Waals surface area contributed by atoms with Crippen molar-refractivity contribution in [1.29, 1.82) is 0 Å². The fourth-order valence-corrected chi connectivity index (χ4v) is 1.80. The highest BCUT2D eigenvalue weighted by atomic mass is 16.3. The van der Waals surface area contributed by atoms with Crippen molar-refractivity contribution in [2.24, 2.45) is 0 Å². The topological polar surface area (TPSA) is 52.6 Å². The van der Waals surface area contributed by atoms with Gasteiger partial charge in [-0.15, -0.1) is 0 Å². The lowest BCUT2D eigenvalue weighted by Crippen LogP contribution is -2.37. The van der Waals surface area contributed by atoms with Gasteiger partial charge in [-0.3, -0.25) is 4.79 Å². The number of amides is 1. The van der Waals surface area contributed by atoms with E-state index >= 15 is 0 Å². The van der Waals surface area contributed by atoms with Gasteiger partial charge in [-0.1, -0.05) is 19.1 Å². The molecule has 19 heavy (non-hydrogen) atoms. The van der Waals surface area contributed by atoms with Crippen molar-refractivity contribution in [2.45, 2.75) is 32.2 Å². The Bertz CT molecular complexity index is 384. The number of nitrogens with one attached hydrogen (secondary N) is 1. The lowest BCUT2D eigenvalue weighted by molar-refractivity contribution is -0.122. The van der Waals surface area contributed by atoms with Crippen LogP contribution in [0, 0.1) is 0 Å². The van der Waals surface area contributed by atoms with E-state index in [9.17, 15) is 4.79 Å². The monoisotopic (exact) mass is 264 g/mol. The number of rotatable bonds is 7. The van der Waals surface area contributed by atoms with E-state index in [1.807, 2.05) is 38.1 Å². The second-order valence-corrected chi connectivity index (χ2v) is 4.92. The molecule has 106 valence electrons. The summed E-state index contributed by atoms with van der Waals surface area (Å²) < 4.78 is 0. The number of nitrogens with zero attached hydrogens (tertiary/aromatic N) is 1. The van der Waals surface area contributed by atoms with Gasteiger partial charge in [0, 0.05) is 26.2 Å². The number of anilines is 1. The maximum Gasteiger partial charge on any atom is 0.220 e. The van der Waals surface area contributed by atoms with Crippen LogP contribution in [-0.4, -0.2) is 37.8 Å². The minimum absolute atomic E-state index is 0.000226. The van der Waals surface area contributed by atoms with Gasteiger partial charge in [-0.2, -0.15) is 0 Å². The molecule has 0 aliphatic carbocycles. The highest BCUT2D eigenvalue weighted by Gasteiger charge is 2.09. The maximum absolute atomic E-state index is 11.7. The van der Waals surface area contributed by atoms with Crippen molar-refractivity contribution in [1.82, 2.24) is 5.32 Å². The molecule has 0 heterocycles. The fraction of sp³-hybridized carbons (Fsp3) is 0.533. The Hall–Kier alpha value is -1.55. The van der Waals surface area contributed by atoms with Crippen LogP contribution < -0.4 is 10.2 Å². The van der Waals surface area contributed by atoms with Crippen LogP contribution in [0.1, 0.15) is 25.3 Å². The SMILES string of the molecule is CC[C@H](CO)NC(=O)CCc1ccc(N(C)C)cc1. The van der Waals surface area contributed by atoms with Crippen LogP contribution in [0.4, 0.5) is 5.69 Å². The number of aryl methyl sites for hydroxylation is 1. The van der Waals surface area contributed by atoms with Crippen LogP contribution in [0.15, 0.2) is 24.3 Å². The van der Waals surface area contributed by atoms with Gasteiger partial charge in [0.2, 0.25) is 5.91 Å². The Kier molecular flexibility index (Phi) is 6.36. The van der Waals surface area contributed by atoms with Crippen molar-refractivity contribution < 1.29 is 9.90 Å². The highest BCUT2D eigenvalue weighted by molar-refractivity contribution is 5.76. The van der Waals surface area contributed by atoms with Gasteiger partial charge in [0.1, 0.15) is 0 Å². The Labute approximate surface area is 115 Å². The minimum atomic E-state index is -0.122. The molecule has 0 fully saturated rings. The number of carbonyl (C=O) groups excluding carboxylic acids is 1. The molecule has 0 unspecified atom stereocenters. The first-order valence-corrected chi connectivity index (χ1v) is 6.73. The summed E-state index contributed by atoms with van der Waals surface area (Å²) >= 11 is 0. The van der Waals surface area contributed by atoms with Crippen molar-refractivity contribution >= 4 is 11.6 Å². The Morgan fingerprint density at radius 3 is 2.42 bits per heavy atom. The van der Waals surface area contributed by atoms with E-state index in [-0.39, 0.29) is 18.6 Å². The van der Waals surface area contributed by atoms with E-state index in [4.69, 9.17) is 5.11 Å². The summed E-state index contributed by atoms with van der Waals surface area (Å²) in [7, 11) is 4.00. The smallest absolute Gasteiger partial charge is 0.220 e. The molecular weight excluding hydrogens is 240 g/mol. The second kappa shape index (κ2) is 7.79. The van der Waals surface area contributed by atoms with Crippen molar-refractivity contribution in [2.75, 3.05) is 25.6 Å². The highest BCUT2D eigenvalue weighted by Crippen LogP contribution is 2.13. The summed E-state index contributed by atoms with van der Waals surface area (Å²) in [5.74, 6) is -0.00224. The summed E-state index contributed by atoms with van der Waals surface area (Å²) in [6, 6.07) is 8.08. The quantitative estimate of drug-likeness (QED) is 0.786. The summed E-state index contributed by atoms with van der Waals surface area (Å²) in [6.45, 7) is 1.95. The predicted molar refractivity (Wildman–Crippen MR) is 78.4 cm³/mol. The molecule has 0 spiro atoms. The fourth-order valence-electron chi connectivity index (χ4n) is 1.80. The normalized spacial score (nSPS) is 12.0. The van der Waals surface area contributed by atoms with Crippen LogP contribution in [-0.2, 0) is 11.2 Å². The van der Waals surface area contributed by atoms with Crippen LogP contribution in [0.3, 0.4) is 0 Å². The summed E-state index contributed by atoms with van der Waals surface area (Å²) in [4.78, 5) is 13.7. The second-order valence-electron chi connectivity index (χ2n) is 4.92. The zero-order valence-corrected chi connectivity index (χ0v) is 12.0. The van der Waals surface area contributed by atoms with Gasteiger partial charge in [-0.25, -0.2) is 0 Å². The zero-order chi connectivity index (χ0) is 14.3. The molecule has 0 bridgehead atoms. The molecular formula is C15H24N2O2. The Balaban J connectivity index is 2.41. The lowest BCUT2D eigenvalue weighted by Gasteiger charge is -2.14. The maximum atomic E-state index is 11.7. The molecule has 4 heteroatoms. The summed E-state index contributed by atoms with van der Waals surface area (Å²) in [6.07, 6.45) is 1.93. The van der Waals surface area contributed by atoms with Crippen LogP contribution in [0.5, 0.6) is 0 Å². The number of hydrogen-bond acceptors (Lipinski definition) is 3. The standard InChI is InChI=1S/C15H24N2O2/c1-4-13(11-18)16-15(19)10-7-12-5-8-14(9-6-12)17(2)3/h5-6,8-9,13,18H,4,7,10-11H2,1-3H3,(H,16,19)/t13-/m1/s1. The van der Waals surface area contributed by atoms with Gasteiger partial charge in [0.25, 0.3) is 0 Å². The largest absolute Gasteiger partial charge is 0.394 e. The molecule has 1 aromatic carbocycles. The molecule has 0 radical (unpaired) electrons. The van der Waals surface area contributed by atoms with E-state index in [2.05, 4.69) is 17.4 Å². The number of hydrogen-bond donors (Lipinski definition) is 2. The van der Waals surface area contributed by atoms with Gasteiger partial charge < -0.3 is 15.3 Å². The number of carbonyl (C=O) groups is 1. The van der Waals surface area contributed by atoms with Crippen molar-refractivity contribution in [3.8, 4) is 0 Å². The number of aliphatic hydroxyl groups excluding tert-OH is 1. The van der Waals surface area contributed by atoms with Crippen LogP contribution in [0.25, 0.3) is 0 Å².